The second-order valence-electron chi connectivity index (χ2n) is 6.84. The second-order valence-corrected chi connectivity index (χ2v) is 6.84. The smallest absolute Gasteiger partial charge is 0.281 e. The highest BCUT2D eigenvalue weighted by Crippen LogP contribution is 2.11. The molecular formula is C15H33BN2O. The van der Waals surface area contributed by atoms with E-state index in [2.05, 4.69) is 27.0 Å². The summed E-state index contributed by atoms with van der Waals surface area (Å²) in [7, 11) is 3.48. The highest BCUT2D eigenvalue weighted by atomic mass is 16.3. The van der Waals surface area contributed by atoms with Crippen molar-refractivity contribution in [3.8, 4) is 5.97 Å². The fraction of sp³-hybridized carbons (Fsp3) is 0.933. The van der Waals surface area contributed by atoms with Crippen LogP contribution >= 0.6 is 0 Å². The third-order valence-corrected chi connectivity index (χ3v) is 3.85. The summed E-state index contributed by atoms with van der Waals surface area (Å²) in [6.45, 7) is 2.99. The van der Waals surface area contributed by atoms with Gasteiger partial charge in [0.05, 0.1) is 12.6 Å². The lowest BCUT2D eigenvalue weighted by Crippen LogP contribution is -2.47. The van der Waals surface area contributed by atoms with Crippen LogP contribution in [0.5, 0.6) is 0 Å². The van der Waals surface area contributed by atoms with Crippen LogP contribution in [0, 0.1) is 11.2 Å². The molecule has 112 valence electrons. The number of hydrogen-bond acceptors (Lipinski definition) is 2. The maximum atomic E-state index is 9.98. The summed E-state index contributed by atoms with van der Waals surface area (Å²) in [5, 5.41) is 18.7. The molecule has 0 aromatic heterocycles. The molecule has 0 heterocycles. The zero-order chi connectivity index (χ0) is 14.6. The van der Waals surface area contributed by atoms with E-state index in [0.717, 1.165) is 19.4 Å². The largest absolute Gasteiger partial charge is 0.511 e. The third kappa shape index (κ3) is 12.3. The van der Waals surface area contributed by atoms with Crippen LogP contribution in [-0.4, -0.2) is 43.7 Å². The van der Waals surface area contributed by atoms with Gasteiger partial charge >= 0.3 is 0 Å². The topological polar surface area (TPSA) is 44.0 Å². The minimum atomic E-state index is -0.633. The quantitative estimate of drug-likeness (QED) is 0.436. The number of rotatable bonds is 12. The monoisotopic (exact) mass is 268 g/mol. The van der Waals surface area contributed by atoms with Crippen molar-refractivity contribution in [2.75, 3.05) is 20.6 Å². The van der Waals surface area contributed by atoms with E-state index < -0.39 is 7.41 Å². The first kappa shape index (κ1) is 18.5. The van der Waals surface area contributed by atoms with Gasteiger partial charge in [-0.15, -0.1) is 0 Å². The summed E-state index contributed by atoms with van der Waals surface area (Å²) in [6.07, 6.45) is 11.1. The molecule has 0 aliphatic carbocycles. The summed E-state index contributed by atoms with van der Waals surface area (Å²) >= 11 is 0. The van der Waals surface area contributed by atoms with Crippen LogP contribution in [0.1, 0.15) is 64.7 Å². The molecule has 1 unspecified atom stereocenters. The number of likely N-dealkylation sites (N-methyl/N-ethyl adjacent to an activating group) is 1. The van der Waals surface area contributed by atoms with E-state index in [4.69, 9.17) is 5.26 Å². The van der Waals surface area contributed by atoms with Crippen LogP contribution in [0.3, 0.4) is 0 Å². The van der Waals surface area contributed by atoms with Gasteiger partial charge in [-0.3, -0.25) is 0 Å². The van der Waals surface area contributed by atoms with Gasteiger partial charge in [0.25, 0.3) is 7.41 Å². The molecule has 0 amide bonds. The summed E-state index contributed by atoms with van der Waals surface area (Å²) in [5.74, 6) is 2.30. The first-order valence-electron chi connectivity index (χ1n) is 8.16. The number of aliphatic hydroxyl groups is 1. The molecule has 0 aliphatic heterocycles. The molecule has 19 heavy (non-hydrogen) atoms. The molecule has 0 radical (unpaired) electrons. The number of aliphatic hydroxyl groups excluding tert-OH is 1. The molecular weight excluding hydrogens is 235 g/mol. The van der Waals surface area contributed by atoms with Crippen molar-refractivity contribution in [2.45, 2.75) is 70.8 Å². The van der Waals surface area contributed by atoms with Gasteiger partial charge in [0.15, 0.2) is 0 Å². The molecule has 0 aromatic carbocycles. The van der Waals surface area contributed by atoms with Gasteiger partial charge in [-0.25, -0.2) is 5.26 Å². The van der Waals surface area contributed by atoms with Crippen LogP contribution in [0.2, 0.25) is 0 Å². The molecule has 3 nitrogen and oxygen atoms in total. The first-order valence-corrected chi connectivity index (χ1v) is 8.16. The molecule has 0 saturated heterocycles. The summed E-state index contributed by atoms with van der Waals surface area (Å²) in [5.41, 5.74) is 0. The lowest BCUT2D eigenvalue weighted by Gasteiger charge is -2.38. The predicted molar refractivity (Wildman–Crippen MR) is 84.4 cm³/mol. The fourth-order valence-corrected chi connectivity index (χ4v) is 2.60. The van der Waals surface area contributed by atoms with Crippen LogP contribution in [0.25, 0.3) is 0 Å². The van der Waals surface area contributed by atoms with E-state index >= 15 is 0 Å². The lowest BCUT2D eigenvalue weighted by atomic mass is 9.90. The summed E-state index contributed by atoms with van der Waals surface area (Å²) in [4.78, 5) is 0. The van der Waals surface area contributed by atoms with Gasteiger partial charge in [0, 0.05) is 14.1 Å². The van der Waals surface area contributed by atoms with Crippen molar-refractivity contribution in [1.82, 2.24) is 0 Å². The van der Waals surface area contributed by atoms with E-state index in [1.807, 2.05) is 0 Å². The lowest BCUT2D eigenvalue weighted by molar-refractivity contribution is -0.781. The third-order valence-electron chi connectivity index (χ3n) is 3.85. The Morgan fingerprint density at radius 2 is 1.58 bits per heavy atom. The van der Waals surface area contributed by atoms with Gasteiger partial charge in [-0.2, -0.15) is 0 Å². The van der Waals surface area contributed by atoms with E-state index in [1.165, 1.54) is 44.9 Å². The van der Waals surface area contributed by atoms with Crippen LogP contribution < -0.4 is 0 Å². The normalized spacial score (nSPS) is 13.2. The van der Waals surface area contributed by atoms with Gasteiger partial charge in [-0.1, -0.05) is 64.3 Å². The zero-order valence-electron chi connectivity index (χ0n) is 13.5. The highest BCUT2D eigenvalue weighted by Gasteiger charge is 2.14. The average molecular weight is 268 g/mol. The van der Waals surface area contributed by atoms with E-state index in [-0.39, 0.29) is 6.10 Å². The van der Waals surface area contributed by atoms with E-state index in [1.54, 1.807) is 0 Å². The van der Waals surface area contributed by atoms with Crippen LogP contribution in [-0.2, 0) is 0 Å². The first-order chi connectivity index (χ1) is 9.02. The number of hydrogen-bond donors (Lipinski definition) is 1. The average Bonchev–Trinajstić information content (AvgIpc) is 2.31. The molecule has 0 saturated carbocycles. The number of quaternary nitrogens is 1. The van der Waals surface area contributed by atoms with Crippen LogP contribution in [0.15, 0.2) is 0 Å². The standard InChI is InChI=1S/C15H33BN2O/c1-4-5-6-7-8-9-10-11-12-15(19)13-18(2,3)16-14-17/h15,19H,4-13,16H2,1-3H3. The Kier molecular flexibility index (Phi) is 11.0. The minimum absolute atomic E-state index is 0.229. The second kappa shape index (κ2) is 11.3. The fourth-order valence-electron chi connectivity index (χ4n) is 2.60. The minimum Gasteiger partial charge on any atom is -0.511 e. The summed E-state index contributed by atoms with van der Waals surface area (Å²) in [6, 6.07) is 0. The van der Waals surface area contributed by atoms with Gasteiger partial charge < -0.3 is 9.50 Å². The molecule has 0 rings (SSSR count). The Morgan fingerprint density at radius 3 is 2.11 bits per heavy atom. The van der Waals surface area contributed by atoms with Crippen molar-refractivity contribution < 1.29 is 9.50 Å². The molecule has 4 heteroatoms. The maximum Gasteiger partial charge on any atom is 0.281 e. The molecule has 1 atom stereocenters. The number of nitriles is 1. The van der Waals surface area contributed by atoms with Crippen molar-refractivity contribution >= 4 is 7.41 Å². The molecule has 0 bridgehead atoms. The molecule has 0 aliphatic rings. The SMILES string of the molecule is CCCCCCCCCCC(O)C[N+](C)(C)[BH2-]C#N. The van der Waals surface area contributed by atoms with Gasteiger partial charge in [0.2, 0.25) is 0 Å². The predicted octanol–water partition coefficient (Wildman–Crippen LogP) is 2.52. The Bertz CT molecular complexity index is 251. The Hall–Kier alpha value is -0.525. The van der Waals surface area contributed by atoms with Crippen LogP contribution in [0.4, 0.5) is 0 Å². The zero-order valence-corrected chi connectivity index (χ0v) is 13.5. The van der Waals surface area contributed by atoms with Crippen molar-refractivity contribution in [1.29, 1.82) is 5.26 Å². The van der Waals surface area contributed by atoms with E-state index in [0.29, 0.717) is 4.39 Å². The molecule has 0 aromatic rings. The Labute approximate surface area is 120 Å². The molecule has 1 N–H and O–H groups in total. The number of unbranched alkanes of at least 4 members (excludes halogenated alkanes) is 7. The van der Waals surface area contributed by atoms with Crippen molar-refractivity contribution in [3.05, 3.63) is 0 Å². The van der Waals surface area contributed by atoms with E-state index in [9.17, 15) is 5.11 Å². The molecule has 0 fully saturated rings. The van der Waals surface area contributed by atoms with Gasteiger partial charge in [-0.05, 0) is 6.42 Å². The Morgan fingerprint density at radius 1 is 1.05 bits per heavy atom. The summed E-state index contributed by atoms with van der Waals surface area (Å²) < 4.78 is 0.717. The van der Waals surface area contributed by atoms with Crippen molar-refractivity contribution in [2.24, 2.45) is 0 Å². The number of nitrogens with zero attached hydrogens (tertiary/aromatic N) is 2. The Balaban J connectivity index is 3.44. The molecule has 0 spiro atoms. The van der Waals surface area contributed by atoms with Crippen molar-refractivity contribution in [3.63, 3.8) is 0 Å². The highest BCUT2D eigenvalue weighted by molar-refractivity contribution is 6.36. The maximum absolute atomic E-state index is 9.98. The van der Waals surface area contributed by atoms with Gasteiger partial charge in [0.1, 0.15) is 0 Å².